The summed E-state index contributed by atoms with van der Waals surface area (Å²) in [4.78, 5) is 14.5. The molecular weight excluding hydrogens is 264 g/mol. The van der Waals surface area contributed by atoms with Gasteiger partial charge in [0, 0.05) is 30.4 Å². The number of nitrogen functional groups attached to an aromatic ring is 1. The number of hydrogen-bond donors (Lipinski definition) is 1. The average Bonchev–Trinajstić information content (AvgIpc) is 2.53. The van der Waals surface area contributed by atoms with Gasteiger partial charge in [-0.3, -0.25) is 4.79 Å². The number of amides is 1. The summed E-state index contributed by atoms with van der Waals surface area (Å²) in [5.74, 6) is 0.603. The smallest absolute Gasteiger partial charge is 0.254 e. The van der Waals surface area contributed by atoms with Gasteiger partial charge >= 0.3 is 0 Å². The van der Waals surface area contributed by atoms with Gasteiger partial charge in [0.1, 0.15) is 5.75 Å². The summed E-state index contributed by atoms with van der Waals surface area (Å²) in [7, 11) is 1.57. The maximum absolute atomic E-state index is 12.6. The van der Waals surface area contributed by atoms with Crippen LogP contribution in [-0.2, 0) is 13.0 Å². The highest BCUT2D eigenvalue weighted by atomic mass is 16.5. The van der Waals surface area contributed by atoms with E-state index in [2.05, 4.69) is 12.1 Å². The van der Waals surface area contributed by atoms with E-state index in [1.54, 1.807) is 25.3 Å². The molecule has 0 spiro atoms. The van der Waals surface area contributed by atoms with E-state index in [9.17, 15) is 4.79 Å². The summed E-state index contributed by atoms with van der Waals surface area (Å²) in [5, 5.41) is 0. The molecule has 0 aliphatic carbocycles. The molecule has 0 unspecified atom stereocenters. The summed E-state index contributed by atoms with van der Waals surface area (Å²) >= 11 is 0. The predicted octanol–water partition coefficient (Wildman–Crippen LogP) is 2.48. The van der Waals surface area contributed by atoms with Gasteiger partial charge < -0.3 is 15.4 Å². The number of ether oxygens (including phenoxy) is 1. The van der Waals surface area contributed by atoms with Crippen LogP contribution in [-0.4, -0.2) is 24.5 Å². The van der Waals surface area contributed by atoms with Gasteiger partial charge in [-0.25, -0.2) is 0 Å². The number of hydrogen-bond acceptors (Lipinski definition) is 3. The molecule has 0 bridgehead atoms. The van der Waals surface area contributed by atoms with Gasteiger partial charge in [0.15, 0.2) is 0 Å². The number of nitrogens with zero attached hydrogens (tertiary/aromatic N) is 1. The largest absolute Gasteiger partial charge is 0.497 e. The first-order valence-electron chi connectivity index (χ1n) is 6.98. The van der Waals surface area contributed by atoms with Crippen LogP contribution in [0.5, 0.6) is 5.75 Å². The van der Waals surface area contributed by atoms with Gasteiger partial charge in [-0.1, -0.05) is 24.3 Å². The number of carbonyl (C=O) groups excluding carboxylic acids is 1. The molecule has 0 fully saturated rings. The van der Waals surface area contributed by atoms with Crippen LogP contribution in [0.3, 0.4) is 0 Å². The Labute approximate surface area is 124 Å². The minimum atomic E-state index is -0.00453. The normalized spacial score (nSPS) is 13.7. The molecule has 1 amide bonds. The van der Waals surface area contributed by atoms with E-state index in [0.717, 1.165) is 13.0 Å². The summed E-state index contributed by atoms with van der Waals surface area (Å²) in [6.07, 6.45) is 0.890. The zero-order chi connectivity index (χ0) is 14.8. The molecule has 0 aromatic heterocycles. The molecule has 21 heavy (non-hydrogen) atoms. The van der Waals surface area contributed by atoms with E-state index in [1.807, 2.05) is 17.0 Å². The molecule has 2 aromatic carbocycles. The molecule has 1 aliphatic heterocycles. The molecule has 0 atom stereocenters. The Morgan fingerprint density at radius 2 is 1.95 bits per heavy atom. The molecule has 3 rings (SSSR count). The third-order valence-electron chi connectivity index (χ3n) is 3.83. The van der Waals surface area contributed by atoms with E-state index >= 15 is 0 Å². The highest BCUT2D eigenvalue weighted by Crippen LogP contribution is 2.23. The lowest BCUT2D eigenvalue weighted by atomic mass is 9.99. The number of fused-ring (bicyclic) bond motifs is 1. The van der Waals surface area contributed by atoms with E-state index in [0.29, 0.717) is 23.5 Å². The van der Waals surface area contributed by atoms with Crippen molar-refractivity contribution in [3.63, 3.8) is 0 Å². The first-order chi connectivity index (χ1) is 10.2. The molecule has 108 valence electrons. The molecule has 4 nitrogen and oxygen atoms in total. The minimum absolute atomic E-state index is 0.00453. The van der Waals surface area contributed by atoms with Gasteiger partial charge in [0.25, 0.3) is 5.91 Å². The maximum atomic E-state index is 12.6. The second-order valence-electron chi connectivity index (χ2n) is 5.24. The van der Waals surface area contributed by atoms with Crippen molar-refractivity contribution < 1.29 is 9.53 Å². The van der Waals surface area contributed by atoms with Gasteiger partial charge in [-0.05, 0) is 29.7 Å². The van der Waals surface area contributed by atoms with Crippen LogP contribution in [0, 0.1) is 0 Å². The van der Waals surface area contributed by atoms with E-state index < -0.39 is 0 Å². The highest BCUT2D eigenvalue weighted by Gasteiger charge is 2.22. The molecular formula is C17H18N2O2. The Bertz CT molecular complexity index is 682. The fourth-order valence-corrected chi connectivity index (χ4v) is 2.72. The Balaban J connectivity index is 1.85. The van der Waals surface area contributed by atoms with Crippen molar-refractivity contribution >= 4 is 11.6 Å². The summed E-state index contributed by atoms with van der Waals surface area (Å²) in [5.41, 5.74) is 9.48. The predicted molar refractivity (Wildman–Crippen MR) is 82.3 cm³/mol. The SMILES string of the molecule is COc1cc(N)cc(C(=O)N2CCc3ccccc3C2)c1. The number of anilines is 1. The summed E-state index contributed by atoms with van der Waals surface area (Å²) in [6, 6.07) is 13.4. The van der Waals surface area contributed by atoms with Crippen molar-refractivity contribution in [2.45, 2.75) is 13.0 Å². The van der Waals surface area contributed by atoms with E-state index in [4.69, 9.17) is 10.5 Å². The molecule has 2 aromatic rings. The Kier molecular flexibility index (Phi) is 3.52. The first kappa shape index (κ1) is 13.5. The lowest BCUT2D eigenvalue weighted by molar-refractivity contribution is 0.0734. The van der Waals surface area contributed by atoms with Crippen molar-refractivity contribution in [1.82, 2.24) is 4.90 Å². The van der Waals surface area contributed by atoms with Crippen molar-refractivity contribution in [3.8, 4) is 5.75 Å². The zero-order valence-electron chi connectivity index (χ0n) is 12.0. The van der Waals surface area contributed by atoms with Gasteiger partial charge in [0.05, 0.1) is 7.11 Å². The van der Waals surface area contributed by atoms with Crippen LogP contribution >= 0.6 is 0 Å². The standard InChI is InChI=1S/C17H18N2O2/c1-21-16-9-14(8-15(18)10-16)17(20)19-7-6-12-4-2-3-5-13(12)11-19/h2-5,8-10H,6-7,11,18H2,1H3. The van der Waals surface area contributed by atoms with Crippen molar-refractivity contribution in [3.05, 3.63) is 59.2 Å². The molecule has 0 saturated carbocycles. The molecule has 2 N–H and O–H groups in total. The van der Waals surface area contributed by atoms with Crippen molar-refractivity contribution in [2.24, 2.45) is 0 Å². The monoisotopic (exact) mass is 282 g/mol. The number of rotatable bonds is 2. The summed E-state index contributed by atoms with van der Waals surface area (Å²) in [6.45, 7) is 1.37. The number of methoxy groups -OCH3 is 1. The van der Waals surface area contributed by atoms with Crippen molar-refractivity contribution in [2.75, 3.05) is 19.4 Å². The topological polar surface area (TPSA) is 55.6 Å². The quantitative estimate of drug-likeness (QED) is 0.861. The average molecular weight is 282 g/mol. The second kappa shape index (κ2) is 5.48. The lowest BCUT2D eigenvalue weighted by Gasteiger charge is -2.29. The number of carbonyl (C=O) groups is 1. The van der Waals surface area contributed by atoms with Gasteiger partial charge in [0.2, 0.25) is 0 Å². The zero-order valence-corrected chi connectivity index (χ0v) is 12.0. The van der Waals surface area contributed by atoms with Crippen LogP contribution in [0.1, 0.15) is 21.5 Å². The first-order valence-corrected chi connectivity index (χ1v) is 6.98. The summed E-state index contributed by atoms with van der Waals surface area (Å²) < 4.78 is 5.18. The highest BCUT2D eigenvalue weighted by molar-refractivity contribution is 5.95. The third-order valence-corrected chi connectivity index (χ3v) is 3.83. The van der Waals surface area contributed by atoms with E-state index in [1.165, 1.54) is 11.1 Å². The Hall–Kier alpha value is -2.49. The second-order valence-corrected chi connectivity index (χ2v) is 5.24. The van der Waals surface area contributed by atoms with Crippen LogP contribution in [0.4, 0.5) is 5.69 Å². The van der Waals surface area contributed by atoms with Crippen molar-refractivity contribution in [1.29, 1.82) is 0 Å². The van der Waals surface area contributed by atoms with Crippen LogP contribution in [0.2, 0.25) is 0 Å². The fourth-order valence-electron chi connectivity index (χ4n) is 2.72. The molecule has 1 heterocycles. The van der Waals surface area contributed by atoms with E-state index in [-0.39, 0.29) is 5.91 Å². The lowest BCUT2D eigenvalue weighted by Crippen LogP contribution is -2.35. The van der Waals surface area contributed by atoms with Crippen LogP contribution in [0.25, 0.3) is 0 Å². The fraction of sp³-hybridized carbons (Fsp3) is 0.235. The molecule has 0 radical (unpaired) electrons. The van der Waals surface area contributed by atoms with Crippen LogP contribution < -0.4 is 10.5 Å². The molecule has 1 aliphatic rings. The Morgan fingerprint density at radius 3 is 2.71 bits per heavy atom. The number of benzene rings is 2. The van der Waals surface area contributed by atoms with Gasteiger partial charge in [-0.2, -0.15) is 0 Å². The third kappa shape index (κ3) is 2.70. The molecule has 4 heteroatoms. The molecule has 0 saturated heterocycles. The maximum Gasteiger partial charge on any atom is 0.254 e. The Morgan fingerprint density at radius 1 is 1.19 bits per heavy atom. The van der Waals surface area contributed by atoms with Crippen LogP contribution in [0.15, 0.2) is 42.5 Å². The minimum Gasteiger partial charge on any atom is -0.497 e. The van der Waals surface area contributed by atoms with Gasteiger partial charge in [-0.15, -0.1) is 0 Å². The number of nitrogens with two attached hydrogens (primary N) is 1.